The summed E-state index contributed by atoms with van der Waals surface area (Å²) in [7, 11) is 0. The molecule has 1 amide bonds. The van der Waals surface area contributed by atoms with E-state index in [-0.39, 0.29) is 17.7 Å². The number of anilines is 1. The predicted molar refractivity (Wildman–Crippen MR) is 132 cm³/mol. The highest BCUT2D eigenvalue weighted by atomic mass is 19.1. The molecule has 0 bridgehead atoms. The summed E-state index contributed by atoms with van der Waals surface area (Å²) in [5.74, 6) is -2.40. The summed E-state index contributed by atoms with van der Waals surface area (Å²) in [6.07, 6.45) is 3.26. The van der Waals surface area contributed by atoms with Gasteiger partial charge in [-0.25, -0.2) is 18.7 Å². The SMILES string of the molecule is C[C@@H]1CN(C(=O)[C@@H]2CN(c3ncccn3)C[C@H]2c2ccc(F)cc2F)C[C@H](C)[C@@]1(O)c1ccccc1. The first kappa shape index (κ1) is 24.3. The van der Waals surface area contributed by atoms with Gasteiger partial charge in [0.25, 0.3) is 0 Å². The van der Waals surface area contributed by atoms with Crippen molar-refractivity contribution in [2.75, 3.05) is 31.1 Å². The maximum absolute atomic E-state index is 14.9. The molecule has 3 aromatic rings. The van der Waals surface area contributed by atoms with Gasteiger partial charge >= 0.3 is 0 Å². The van der Waals surface area contributed by atoms with Crippen LogP contribution in [0.4, 0.5) is 14.7 Å². The minimum absolute atomic E-state index is 0.101. The van der Waals surface area contributed by atoms with E-state index in [9.17, 15) is 18.7 Å². The summed E-state index contributed by atoms with van der Waals surface area (Å²) in [4.78, 5) is 26.3. The number of rotatable bonds is 4. The van der Waals surface area contributed by atoms with Gasteiger partial charge in [0.15, 0.2) is 0 Å². The third kappa shape index (κ3) is 4.23. The zero-order valence-electron chi connectivity index (χ0n) is 20.4. The molecule has 188 valence electrons. The fourth-order valence-electron chi connectivity index (χ4n) is 5.98. The van der Waals surface area contributed by atoms with Gasteiger partial charge in [-0.05, 0) is 23.3 Å². The third-order valence-electron chi connectivity index (χ3n) is 7.87. The topological polar surface area (TPSA) is 69.6 Å². The average molecular weight is 493 g/mol. The van der Waals surface area contributed by atoms with Gasteiger partial charge < -0.3 is 14.9 Å². The third-order valence-corrected chi connectivity index (χ3v) is 7.87. The molecule has 5 atom stereocenters. The summed E-state index contributed by atoms with van der Waals surface area (Å²) in [5, 5.41) is 11.7. The molecule has 36 heavy (non-hydrogen) atoms. The van der Waals surface area contributed by atoms with Crippen LogP contribution in [0.25, 0.3) is 0 Å². The number of carbonyl (C=O) groups excluding carboxylic acids is 1. The quantitative estimate of drug-likeness (QED) is 0.597. The lowest BCUT2D eigenvalue weighted by atomic mass is 9.70. The van der Waals surface area contributed by atoms with Crippen LogP contribution in [0.1, 0.15) is 30.9 Å². The second-order valence-corrected chi connectivity index (χ2v) is 10.1. The molecule has 8 heteroatoms. The molecule has 0 radical (unpaired) electrons. The van der Waals surface area contributed by atoms with Crippen molar-refractivity contribution in [3.63, 3.8) is 0 Å². The molecule has 1 aromatic heterocycles. The molecule has 3 heterocycles. The highest BCUT2D eigenvalue weighted by Crippen LogP contribution is 2.43. The number of hydrogen-bond donors (Lipinski definition) is 1. The number of halogens is 2. The van der Waals surface area contributed by atoms with Crippen molar-refractivity contribution < 1.29 is 18.7 Å². The van der Waals surface area contributed by atoms with Crippen LogP contribution in [0, 0.1) is 29.4 Å². The van der Waals surface area contributed by atoms with Gasteiger partial charge in [-0.2, -0.15) is 0 Å². The molecule has 2 aliphatic rings. The highest BCUT2D eigenvalue weighted by Gasteiger charge is 2.49. The zero-order valence-corrected chi connectivity index (χ0v) is 20.4. The normalized spacial score (nSPS) is 28.4. The van der Waals surface area contributed by atoms with Crippen LogP contribution in [0.3, 0.4) is 0 Å². The number of aliphatic hydroxyl groups is 1. The van der Waals surface area contributed by atoms with Crippen molar-refractivity contribution in [3.05, 3.63) is 89.8 Å². The number of benzene rings is 2. The largest absolute Gasteiger partial charge is 0.384 e. The molecule has 2 fully saturated rings. The summed E-state index contributed by atoms with van der Waals surface area (Å²) in [6, 6.07) is 14.8. The molecular formula is C28H30F2N4O2. The van der Waals surface area contributed by atoms with Gasteiger partial charge in [-0.15, -0.1) is 0 Å². The van der Waals surface area contributed by atoms with Gasteiger partial charge in [0.05, 0.1) is 11.5 Å². The first-order chi connectivity index (χ1) is 17.3. The lowest BCUT2D eigenvalue weighted by Crippen LogP contribution is -2.57. The Morgan fingerprint density at radius 3 is 2.25 bits per heavy atom. The Morgan fingerprint density at radius 2 is 1.61 bits per heavy atom. The second-order valence-electron chi connectivity index (χ2n) is 10.1. The minimum Gasteiger partial charge on any atom is -0.384 e. The van der Waals surface area contributed by atoms with E-state index in [1.165, 1.54) is 12.1 Å². The van der Waals surface area contributed by atoms with Crippen molar-refractivity contribution in [2.24, 2.45) is 17.8 Å². The van der Waals surface area contributed by atoms with E-state index in [1.807, 2.05) is 49.1 Å². The molecule has 1 N–H and O–H groups in total. The molecule has 0 aliphatic carbocycles. The number of amides is 1. The summed E-state index contributed by atoms with van der Waals surface area (Å²) < 4.78 is 28.5. The lowest BCUT2D eigenvalue weighted by molar-refractivity contribution is -0.152. The Labute approximate surface area is 209 Å². The number of aromatic nitrogens is 2. The monoisotopic (exact) mass is 492 g/mol. The molecule has 0 saturated carbocycles. The van der Waals surface area contributed by atoms with Crippen molar-refractivity contribution in [2.45, 2.75) is 25.4 Å². The van der Waals surface area contributed by atoms with Gasteiger partial charge in [-0.3, -0.25) is 4.79 Å². The molecule has 0 spiro atoms. The van der Waals surface area contributed by atoms with E-state index in [1.54, 1.807) is 23.4 Å². The first-order valence-electron chi connectivity index (χ1n) is 12.3. The second kappa shape index (κ2) is 9.58. The highest BCUT2D eigenvalue weighted by molar-refractivity contribution is 5.82. The summed E-state index contributed by atoms with van der Waals surface area (Å²) in [6.45, 7) is 5.34. The van der Waals surface area contributed by atoms with Crippen molar-refractivity contribution in [1.82, 2.24) is 14.9 Å². The first-order valence-corrected chi connectivity index (χ1v) is 12.3. The van der Waals surface area contributed by atoms with Gasteiger partial charge in [0, 0.05) is 62.4 Å². The van der Waals surface area contributed by atoms with Gasteiger partial charge in [0.2, 0.25) is 11.9 Å². The van der Waals surface area contributed by atoms with Crippen LogP contribution in [0.5, 0.6) is 0 Å². The van der Waals surface area contributed by atoms with Crippen LogP contribution in [0.2, 0.25) is 0 Å². The van der Waals surface area contributed by atoms with E-state index in [2.05, 4.69) is 9.97 Å². The maximum atomic E-state index is 14.9. The number of likely N-dealkylation sites (tertiary alicyclic amines) is 1. The Kier molecular flexibility index (Phi) is 6.47. The fourth-order valence-corrected chi connectivity index (χ4v) is 5.98. The van der Waals surface area contributed by atoms with Crippen molar-refractivity contribution >= 4 is 11.9 Å². The average Bonchev–Trinajstić information content (AvgIpc) is 3.32. The summed E-state index contributed by atoms with van der Waals surface area (Å²) in [5.41, 5.74) is 0.101. The van der Waals surface area contributed by atoms with Gasteiger partial charge in [-0.1, -0.05) is 50.2 Å². The molecule has 2 aliphatic heterocycles. The van der Waals surface area contributed by atoms with E-state index < -0.39 is 29.1 Å². The number of nitrogens with zero attached hydrogens (tertiary/aromatic N) is 4. The molecule has 5 rings (SSSR count). The van der Waals surface area contributed by atoms with Crippen LogP contribution in [-0.2, 0) is 10.4 Å². The van der Waals surface area contributed by atoms with E-state index in [0.717, 1.165) is 11.6 Å². The van der Waals surface area contributed by atoms with Gasteiger partial charge in [0.1, 0.15) is 11.6 Å². The van der Waals surface area contributed by atoms with Crippen LogP contribution in [0.15, 0.2) is 67.0 Å². The standard InChI is InChI=1S/C28H30F2N4O2/c1-18-14-33(15-19(2)28(18,36)20-7-4-3-5-8-20)26(35)24-17-34(27-31-11-6-12-32-27)16-23(24)22-10-9-21(29)13-25(22)30/h3-13,18-19,23-24,36H,14-17H2,1-2H3/t18-,19+,23-,24+,28-/m0/s1. The van der Waals surface area contributed by atoms with Crippen molar-refractivity contribution in [1.29, 1.82) is 0 Å². The minimum atomic E-state index is -1.06. The lowest BCUT2D eigenvalue weighted by Gasteiger charge is -2.48. The van der Waals surface area contributed by atoms with Crippen molar-refractivity contribution in [3.8, 4) is 0 Å². The van der Waals surface area contributed by atoms with Crippen LogP contribution >= 0.6 is 0 Å². The Balaban J connectivity index is 1.43. The predicted octanol–water partition coefficient (Wildman–Crippen LogP) is 3.98. The van der Waals surface area contributed by atoms with E-state index in [0.29, 0.717) is 37.7 Å². The van der Waals surface area contributed by atoms with E-state index >= 15 is 0 Å². The number of carbonyl (C=O) groups is 1. The number of hydrogen-bond acceptors (Lipinski definition) is 5. The van der Waals surface area contributed by atoms with E-state index in [4.69, 9.17) is 0 Å². The maximum Gasteiger partial charge on any atom is 0.228 e. The zero-order chi connectivity index (χ0) is 25.4. The Morgan fingerprint density at radius 1 is 0.944 bits per heavy atom. The van der Waals surface area contributed by atoms with Crippen LogP contribution < -0.4 is 4.90 Å². The molecule has 2 aromatic carbocycles. The molecular weight excluding hydrogens is 462 g/mol. The fraction of sp³-hybridized carbons (Fsp3) is 0.393. The molecule has 0 unspecified atom stereocenters. The van der Waals surface area contributed by atoms with Crippen LogP contribution in [-0.4, -0.2) is 52.1 Å². The molecule has 6 nitrogen and oxygen atoms in total. The number of piperidine rings is 1. The Bertz CT molecular complexity index is 1210. The summed E-state index contributed by atoms with van der Waals surface area (Å²) >= 11 is 0. The Hall–Kier alpha value is -3.39. The molecule has 2 saturated heterocycles. The smallest absolute Gasteiger partial charge is 0.228 e.